The summed E-state index contributed by atoms with van der Waals surface area (Å²) in [5.74, 6) is -0.560. The molecule has 0 amide bonds. The first-order valence-corrected chi connectivity index (χ1v) is 6.14. The molecule has 1 aliphatic heterocycles. The Hall–Kier alpha value is -1.46. The fraction of sp³-hybridized carbons (Fsp3) is 0.500. The number of nitrogens with one attached hydrogen (secondary N) is 1. The number of benzene rings is 1. The largest absolute Gasteiger partial charge is 0.468 e. The molecule has 1 atom stereocenters. The van der Waals surface area contributed by atoms with E-state index in [1.165, 1.54) is 13.2 Å². The Labute approximate surface area is 111 Å². The number of hydrogen-bond acceptors (Lipinski definition) is 4. The van der Waals surface area contributed by atoms with Crippen molar-refractivity contribution in [2.75, 3.05) is 27.4 Å². The molecule has 0 bridgehead atoms. The molecule has 1 unspecified atom stereocenters. The summed E-state index contributed by atoms with van der Waals surface area (Å²) in [6.07, 6.45) is 0. The highest BCUT2D eigenvalue weighted by atomic mass is 19.1. The normalized spacial score (nSPS) is 18.5. The summed E-state index contributed by atoms with van der Waals surface area (Å²) in [6.45, 7) is 2.32. The van der Waals surface area contributed by atoms with E-state index in [1.54, 1.807) is 26.1 Å². The van der Waals surface area contributed by atoms with E-state index >= 15 is 0 Å². The molecule has 4 nitrogen and oxygen atoms in total. The van der Waals surface area contributed by atoms with Crippen molar-refractivity contribution in [2.45, 2.75) is 13.0 Å². The maximum Gasteiger partial charge on any atom is 0.318 e. The second kappa shape index (κ2) is 5.27. The van der Waals surface area contributed by atoms with Gasteiger partial charge in [-0.05, 0) is 31.2 Å². The van der Waals surface area contributed by atoms with Crippen molar-refractivity contribution in [1.29, 1.82) is 0 Å². The van der Waals surface area contributed by atoms with E-state index in [1.807, 2.05) is 0 Å². The van der Waals surface area contributed by atoms with Gasteiger partial charge in [0.05, 0.1) is 26.4 Å². The number of ether oxygens (including phenoxy) is 2. The van der Waals surface area contributed by atoms with Crippen LogP contribution in [0, 0.1) is 18.2 Å². The van der Waals surface area contributed by atoms with Crippen molar-refractivity contribution < 1.29 is 18.7 Å². The number of rotatable bonds is 4. The molecular formula is C14H18FNO3. The van der Waals surface area contributed by atoms with Gasteiger partial charge in [-0.15, -0.1) is 0 Å². The minimum Gasteiger partial charge on any atom is -0.468 e. The molecule has 0 aliphatic carbocycles. The first kappa shape index (κ1) is 14.0. The van der Waals surface area contributed by atoms with E-state index in [0.29, 0.717) is 18.8 Å². The van der Waals surface area contributed by atoms with Crippen LogP contribution in [0.25, 0.3) is 0 Å². The average molecular weight is 267 g/mol. The summed E-state index contributed by atoms with van der Waals surface area (Å²) in [5, 5.41) is 3.12. The molecule has 1 aromatic carbocycles. The molecule has 0 saturated carbocycles. The average Bonchev–Trinajstić information content (AvgIpc) is 2.36. The van der Waals surface area contributed by atoms with Crippen molar-refractivity contribution in [3.05, 3.63) is 35.1 Å². The lowest BCUT2D eigenvalue weighted by atomic mass is 9.75. The van der Waals surface area contributed by atoms with E-state index in [9.17, 15) is 9.18 Å². The van der Waals surface area contributed by atoms with Crippen LogP contribution in [0.4, 0.5) is 4.39 Å². The number of hydrogen-bond donors (Lipinski definition) is 1. The van der Waals surface area contributed by atoms with Gasteiger partial charge in [0.25, 0.3) is 0 Å². The lowest BCUT2D eigenvalue weighted by Crippen LogP contribution is -2.56. The third-order valence-corrected chi connectivity index (χ3v) is 3.67. The van der Waals surface area contributed by atoms with Crippen LogP contribution in [-0.2, 0) is 14.3 Å². The third kappa shape index (κ3) is 2.24. The molecule has 5 heteroatoms. The number of halogens is 1. The van der Waals surface area contributed by atoms with Crippen LogP contribution >= 0.6 is 0 Å². The van der Waals surface area contributed by atoms with Crippen LogP contribution in [0.2, 0.25) is 0 Å². The Kier molecular flexibility index (Phi) is 3.87. The van der Waals surface area contributed by atoms with E-state index in [0.717, 1.165) is 5.56 Å². The highest BCUT2D eigenvalue weighted by Crippen LogP contribution is 2.41. The predicted molar refractivity (Wildman–Crippen MR) is 68.2 cm³/mol. The Balaban J connectivity index is 2.38. The van der Waals surface area contributed by atoms with Gasteiger partial charge in [-0.3, -0.25) is 4.79 Å². The summed E-state index contributed by atoms with van der Waals surface area (Å²) in [5.41, 5.74) is 0.682. The molecule has 1 aromatic rings. The Bertz CT molecular complexity index is 486. The zero-order valence-corrected chi connectivity index (χ0v) is 11.3. The maximum absolute atomic E-state index is 13.3. The second-order valence-corrected chi connectivity index (χ2v) is 4.87. The van der Waals surface area contributed by atoms with E-state index in [4.69, 9.17) is 9.47 Å². The van der Waals surface area contributed by atoms with E-state index in [-0.39, 0.29) is 17.8 Å². The summed E-state index contributed by atoms with van der Waals surface area (Å²) in [4.78, 5) is 12.0. The molecule has 1 N–H and O–H groups in total. The van der Waals surface area contributed by atoms with Crippen molar-refractivity contribution in [3.63, 3.8) is 0 Å². The van der Waals surface area contributed by atoms with E-state index < -0.39 is 5.41 Å². The molecule has 104 valence electrons. The third-order valence-electron chi connectivity index (χ3n) is 3.67. The number of carbonyl (C=O) groups excluding carboxylic acids is 1. The van der Waals surface area contributed by atoms with Gasteiger partial charge in [0.2, 0.25) is 0 Å². The molecule has 1 fully saturated rings. The summed E-state index contributed by atoms with van der Waals surface area (Å²) in [7, 11) is 3.14. The van der Waals surface area contributed by atoms with Gasteiger partial charge >= 0.3 is 5.97 Å². The number of esters is 1. The fourth-order valence-corrected chi connectivity index (χ4v) is 2.54. The topological polar surface area (TPSA) is 47.6 Å². The summed E-state index contributed by atoms with van der Waals surface area (Å²) >= 11 is 0. The molecular weight excluding hydrogens is 249 g/mol. The molecule has 0 spiro atoms. The maximum atomic E-state index is 13.3. The monoisotopic (exact) mass is 267 g/mol. The molecule has 1 aliphatic rings. The quantitative estimate of drug-likeness (QED) is 0.842. The van der Waals surface area contributed by atoms with Gasteiger partial charge in [0.15, 0.2) is 0 Å². The van der Waals surface area contributed by atoms with E-state index in [2.05, 4.69) is 5.32 Å². The van der Waals surface area contributed by atoms with Gasteiger partial charge in [-0.1, -0.05) is 12.1 Å². The fourth-order valence-electron chi connectivity index (χ4n) is 2.54. The number of methoxy groups -OCH3 is 1. The van der Waals surface area contributed by atoms with Gasteiger partial charge in [-0.25, -0.2) is 4.39 Å². The van der Waals surface area contributed by atoms with Crippen molar-refractivity contribution >= 4 is 5.97 Å². The lowest BCUT2D eigenvalue weighted by Gasteiger charge is -2.44. The van der Waals surface area contributed by atoms with Crippen LogP contribution in [0.1, 0.15) is 17.2 Å². The lowest BCUT2D eigenvalue weighted by molar-refractivity contribution is -0.190. The zero-order chi connectivity index (χ0) is 14.0. The summed E-state index contributed by atoms with van der Waals surface area (Å²) in [6, 6.07) is 4.60. The highest BCUT2D eigenvalue weighted by Gasteiger charge is 2.53. The standard InChI is InChI=1S/C14H18FNO3/c1-9-6-10(4-5-11(9)15)12(16-2)14(7-19-8-14)13(17)18-3/h4-6,12,16H,7-8H2,1-3H3. The minimum absolute atomic E-state index is 0.254. The molecule has 2 rings (SSSR count). The SMILES string of the molecule is CNC(c1ccc(F)c(C)c1)C1(C(=O)OC)COC1. The van der Waals surface area contributed by atoms with Crippen LogP contribution < -0.4 is 5.32 Å². The molecule has 0 aromatic heterocycles. The van der Waals surface area contributed by atoms with Crippen molar-refractivity contribution in [3.8, 4) is 0 Å². The van der Waals surface area contributed by atoms with Crippen LogP contribution in [0.15, 0.2) is 18.2 Å². The second-order valence-electron chi connectivity index (χ2n) is 4.87. The molecule has 0 radical (unpaired) electrons. The van der Waals surface area contributed by atoms with Gasteiger partial charge in [0.1, 0.15) is 11.2 Å². The number of aryl methyl sites for hydroxylation is 1. The highest BCUT2D eigenvalue weighted by molar-refractivity contribution is 5.79. The zero-order valence-electron chi connectivity index (χ0n) is 11.3. The first-order chi connectivity index (χ1) is 9.05. The van der Waals surface area contributed by atoms with Gasteiger partial charge in [0, 0.05) is 0 Å². The Morgan fingerprint density at radius 3 is 2.63 bits per heavy atom. The molecule has 1 saturated heterocycles. The first-order valence-electron chi connectivity index (χ1n) is 6.14. The van der Waals surface area contributed by atoms with Gasteiger partial charge in [-0.2, -0.15) is 0 Å². The van der Waals surface area contributed by atoms with Crippen LogP contribution in [0.3, 0.4) is 0 Å². The van der Waals surface area contributed by atoms with Crippen LogP contribution in [0.5, 0.6) is 0 Å². The Morgan fingerprint density at radius 1 is 1.53 bits per heavy atom. The summed E-state index contributed by atoms with van der Waals surface area (Å²) < 4.78 is 23.4. The predicted octanol–water partition coefficient (Wildman–Crippen LogP) is 1.58. The van der Waals surface area contributed by atoms with Crippen molar-refractivity contribution in [2.24, 2.45) is 5.41 Å². The van der Waals surface area contributed by atoms with Gasteiger partial charge < -0.3 is 14.8 Å². The smallest absolute Gasteiger partial charge is 0.318 e. The minimum atomic E-state index is -0.728. The Morgan fingerprint density at radius 2 is 2.21 bits per heavy atom. The number of carbonyl (C=O) groups is 1. The molecule has 1 heterocycles. The molecule has 19 heavy (non-hydrogen) atoms. The van der Waals surface area contributed by atoms with Crippen LogP contribution in [-0.4, -0.2) is 33.3 Å². The van der Waals surface area contributed by atoms with Crippen molar-refractivity contribution in [1.82, 2.24) is 5.32 Å².